The van der Waals surface area contributed by atoms with Crippen LogP contribution < -0.4 is 0 Å². The van der Waals surface area contributed by atoms with Crippen LogP contribution in [-0.2, 0) is 5.60 Å². The van der Waals surface area contributed by atoms with Crippen LogP contribution in [0, 0.1) is 0 Å². The Morgan fingerprint density at radius 1 is 0.500 bits per heavy atom. The van der Waals surface area contributed by atoms with Crippen LogP contribution >= 0.6 is 0 Å². The minimum absolute atomic E-state index is 0.883. The van der Waals surface area contributed by atoms with E-state index in [-0.39, 0.29) is 0 Å². The van der Waals surface area contributed by atoms with E-state index < -0.39 is 5.60 Å². The van der Waals surface area contributed by atoms with Gasteiger partial charge in [0.05, 0.1) is 33.4 Å². The Morgan fingerprint density at radius 3 is 1.31 bits per heavy atom. The quantitative estimate of drug-likeness (QED) is 0.280. The van der Waals surface area contributed by atoms with Crippen molar-refractivity contribution in [2.24, 2.45) is 0 Å². The van der Waals surface area contributed by atoms with Crippen LogP contribution in [0.5, 0.6) is 0 Å². The fourth-order valence-electron chi connectivity index (χ4n) is 5.73. The molecule has 36 heavy (non-hydrogen) atoms. The van der Waals surface area contributed by atoms with E-state index in [4.69, 9.17) is 0 Å². The number of hydrogen-bond acceptors (Lipinski definition) is 1. The summed E-state index contributed by atoms with van der Waals surface area (Å²) in [6.45, 7) is 3.74. The molecule has 7 aromatic rings. The maximum absolute atomic E-state index is 11.4. The molecule has 3 heteroatoms. The van der Waals surface area contributed by atoms with Crippen molar-refractivity contribution >= 4 is 43.6 Å². The van der Waals surface area contributed by atoms with Gasteiger partial charge in [0.1, 0.15) is 0 Å². The Balaban J connectivity index is 1.57. The first-order valence-corrected chi connectivity index (χ1v) is 12.4. The van der Waals surface area contributed by atoms with Crippen LogP contribution in [0.2, 0.25) is 0 Å². The van der Waals surface area contributed by atoms with Crippen LogP contribution in [0.3, 0.4) is 0 Å². The molecule has 0 saturated carbocycles. The van der Waals surface area contributed by atoms with Gasteiger partial charge in [-0.25, -0.2) is 0 Å². The van der Waals surface area contributed by atoms with Gasteiger partial charge in [-0.2, -0.15) is 0 Å². The summed E-state index contributed by atoms with van der Waals surface area (Å²) in [5.41, 5.74) is 6.45. The lowest BCUT2D eigenvalue weighted by Crippen LogP contribution is -2.19. The summed E-state index contributed by atoms with van der Waals surface area (Å²) in [6, 6.07) is 40.5. The van der Waals surface area contributed by atoms with E-state index in [1.807, 2.05) is 13.8 Å². The molecule has 0 saturated heterocycles. The van der Waals surface area contributed by atoms with E-state index in [0.29, 0.717) is 0 Å². The highest BCUT2D eigenvalue weighted by molar-refractivity contribution is 6.10. The first-order chi connectivity index (χ1) is 17.5. The number of rotatable bonds is 3. The second-order valence-electron chi connectivity index (χ2n) is 10.00. The highest BCUT2D eigenvalue weighted by Gasteiger charge is 2.25. The molecule has 0 spiro atoms. The van der Waals surface area contributed by atoms with Gasteiger partial charge in [0.15, 0.2) is 0 Å². The molecule has 0 radical (unpaired) electrons. The number of para-hydroxylation sites is 4. The molecule has 2 heterocycles. The third-order valence-electron chi connectivity index (χ3n) is 7.30. The minimum atomic E-state index is -1.05. The zero-order chi connectivity index (χ0) is 24.4. The first-order valence-electron chi connectivity index (χ1n) is 12.4. The third-order valence-corrected chi connectivity index (χ3v) is 7.30. The van der Waals surface area contributed by atoms with Gasteiger partial charge in [-0.3, -0.25) is 0 Å². The molecule has 2 aromatic heterocycles. The summed E-state index contributed by atoms with van der Waals surface area (Å²) in [5, 5.41) is 16.3. The van der Waals surface area contributed by atoms with E-state index in [1.165, 1.54) is 21.5 Å². The van der Waals surface area contributed by atoms with Gasteiger partial charge in [-0.1, -0.05) is 72.8 Å². The molecule has 7 rings (SSSR count). The average molecular weight is 467 g/mol. The number of hydrogen-bond donors (Lipinski definition) is 1. The minimum Gasteiger partial charge on any atom is -0.386 e. The maximum atomic E-state index is 11.4. The lowest BCUT2D eigenvalue weighted by molar-refractivity contribution is 0.0786. The molecular formula is C33H26N2O. The summed E-state index contributed by atoms with van der Waals surface area (Å²) in [6.07, 6.45) is 0. The molecule has 0 aliphatic rings. The number of fused-ring (bicyclic) bond motifs is 6. The van der Waals surface area contributed by atoms with Crippen molar-refractivity contribution in [3.05, 3.63) is 121 Å². The Bertz CT molecular complexity index is 1820. The SMILES string of the molecule is CC(C)(O)c1cc(-n2c3ccccc3c3ccccc32)ccc1-n1c2ccccc2c2ccccc21. The molecule has 0 aliphatic heterocycles. The predicted octanol–water partition coefficient (Wildman–Crippen LogP) is 8.11. The zero-order valence-electron chi connectivity index (χ0n) is 20.3. The summed E-state index contributed by atoms with van der Waals surface area (Å²) < 4.78 is 4.59. The Hall–Kier alpha value is -4.34. The molecule has 0 bridgehead atoms. The van der Waals surface area contributed by atoms with Crippen molar-refractivity contribution in [2.45, 2.75) is 19.4 Å². The van der Waals surface area contributed by atoms with Crippen molar-refractivity contribution in [1.82, 2.24) is 9.13 Å². The van der Waals surface area contributed by atoms with E-state index in [2.05, 4.69) is 124 Å². The van der Waals surface area contributed by atoms with E-state index in [0.717, 1.165) is 39.0 Å². The zero-order valence-corrected chi connectivity index (χ0v) is 20.3. The maximum Gasteiger partial charge on any atom is 0.0861 e. The predicted molar refractivity (Wildman–Crippen MR) is 150 cm³/mol. The van der Waals surface area contributed by atoms with Crippen molar-refractivity contribution in [3.8, 4) is 11.4 Å². The monoisotopic (exact) mass is 466 g/mol. The van der Waals surface area contributed by atoms with Crippen LogP contribution in [0.1, 0.15) is 19.4 Å². The van der Waals surface area contributed by atoms with Gasteiger partial charge in [-0.15, -0.1) is 0 Å². The fraction of sp³-hybridized carbons (Fsp3) is 0.0909. The lowest BCUT2D eigenvalue weighted by atomic mass is 9.95. The summed E-state index contributed by atoms with van der Waals surface area (Å²) in [4.78, 5) is 0. The molecule has 0 aliphatic carbocycles. The Morgan fingerprint density at radius 2 is 0.889 bits per heavy atom. The summed E-state index contributed by atoms with van der Waals surface area (Å²) >= 11 is 0. The van der Waals surface area contributed by atoms with Gasteiger partial charge >= 0.3 is 0 Å². The molecule has 3 nitrogen and oxygen atoms in total. The van der Waals surface area contributed by atoms with Crippen LogP contribution in [-0.4, -0.2) is 14.2 Å². The summed E-state index contributed by atoms with van der Waals surface area (Å²) in [5.74, 6) is 0. The van der Waals surface area contributed by atoms with Gasteiger partial charge in [0, 0.05) is 32.8 Å². The van der Waals surface area contributed by atoms with Crippen LogP contribution in [0.4, 0.5) is 0 Å². The van der Waals surface area contributed by atoms with E-state index in [1.54, 1.807) is 0 Å². The standard InChI is InChI=1S/C33H26N2O/c1-33(2,36)27-21-22(34-28-15-7-3-11-23(28)24-12-4-8-16-29(24)34)19-20-32(27)35-30-17-9-5-13-25(30)26-14-6-10-18-31(26)35/h3-21,36H,1-2H3. The van der Waals surface area contributed by atoms with Gasteiger partial charge in [0.2, 0.25) is 0 Å². The van der Waals surface area contributed by atoms with Gasteiger partial charge < -0.3 is 14.2 Å². The van der Waals surface area contributed by atoms with Crippen LogP contribution in [0.15, 0.2) is 115 Å². The van der Waals surface area contributed by atoms with E-state index >= 15 is 0 Å². The molecular weight excluding hydrogens is 440 g/mol. The Kier molecular flexibility index (Phi) is 4.42. The number of benzene rings is 5. The van der Waals surface area contributed by atoms with Crippen molar-refractivity contribution < 1.29 is 5.11 Å². The molecule has 0 unspecified atom stereocenters. The highest BCUT2D eigenvalue weighted by Crippen LogP contribution is 2.38. The van der Waals surface area contributed by atoms with E-state index in [9.17, 15) is 5.11 Å². The van der Waals surface area contributed by atoms with Crippen LogP contribution in [0.25, 0.3) is 55.0 Å². The second kappa shape index (κ2) is 7.58. The first kappa shape index (κ1) is 21.0. The van der Waals surface area contributed by atoms with Crippen molar-refractivity contribution in [2.75, 3.05) is 0 Å². The molecule has 1 N–H and O–H groups in total. The number of aliphatic hydroxyl groups is 1. The van der Waals surface area contributed by atoms with Crippen molar-refractivity contribution in [3.63, 3.8) is 0 Å². The topological polar surface area (TPSA) is 30.1 Å². The number of aromatic nitrogens is 2. The van der Waals surface area contributed by atoms with Gasteiger partial charge in [-0.05, 0) is 56.3 Å². The lowest BCUT2D eigenvalue weighted by Gasteiger charge is -2.24. The fourth-order valence-corrected chi connectivity index (χ4v) is 5.73. The molecule has 0 amide bonds. The van der Waals surface area contributed by atoms with Gasteiger partial charge in [0.25, 0.3) is 0 Å². The largest absolute Gasteiger partial charge is 0.386 e. The molecule has 174 valence electrons. The second-order valence-corrected chi connectivity index (χ2v) is 10.00. The average Bonchev–Trinajstić information content (AvgIpc) is 3.41. The Labute approximate surface area is 209 Å². The molecule has 0 fully saturated rings. The highest BCUT2D eigenvalue weighted by atomic mass is 16.3. The van der Waals surface area contributed by atoms with Crippen molar-refractivity contribution in [1.29, 1.82) is 0 Å². The smallest absolute Gasteiger partial charge is 0.0861 e. The third kappa shape index (κ3) is 2.96. The number of nitrogens with zero attached hydrogens (tertiary/aromatic N) is 2. The normalized spacial score (nSPS) is 12.3. The molecule has 5 aromatic carbocycles. The molecule has 0 atom stereocenters. The summed E-state index contributed by atoms with van der Waals surface area (Å²) in [7, 11) is 0.